The van der Waals surface area contributed by atoms with Crippen molar-refractivity contribution in [3.63, 3.8) is 0 Å². The monoisotopic (exact) mass is 355 g/mol. The van der Waals surface area contributed by atoms with Gasteiger partial charge in [0.25, 0.3) is 0 Å². The van der Waals surface area contributed by atoms with Crippen LogP contribution in [-0.2, 0) is 4.79 Å². The molecule has 2 aromatic heterocycles. The molecule has 1 aromatic carbocycles. The topological polar surface area (TPSA) is 57.4 Å². The molecule has 0 radical (unpaired) electrons. The molecule has 3 aromatic rings. The summed E-state index contributed by atoms with van der Waals surface area (Å²) in [6.07, 6.45) is 4.47. The molecule has 0 amide bonds. The lowest BCUT2D eigenvalue weighted by molar-refractivity contribution is -0.297. The Morgan fingerprint density at radius 2 is 1.95 bits per heavy atom. The number of rotatable bonds is 3. The molecular formula is C17H12BrN2O2-. The van der Waals surface area contributed by atoms with E-state index in [0.717, 1.165) is 33.0 Å². The maximum Gasteiger partial charge on any atom is 0.137 e. The van der Waals surface area contributed by atoms with Crippen LogP contribution in [0.3, 0.4) is 0 Å². The van der Waals surface area contributed by atoms with Gasteiger partial charge in [-0.3, -0.25) is 4.40 Å². The Labute approximate surface area is 135 Å². The van der Waals surface area contributed by atoms with Crippen LogP contribution in [0.4, 0.5) is 0 Å². The third-order valence-corrected chi connectivity index (χ3v) is 3.83. The molecule has 5 heteroatoms. The first-order valence-electron chi connectivity index (χ1n) is 6.68. The third kappa shape index (κ3) is 2.80. The first-order chi connectivity index (χ1) is 10.5. The number of pyridine rings is 1. The molecule has 2 heterocycles. The Morgan fingerprint density at radius 3 is 2.64 bits per heavy atom. The number of nitrogens with zero attached hydrogens (tertiary/aromatic N) is 2. The van der Waals surface area contributed by atoms with Crippen molar-refractivity contribution in [1.82, 2.24) is 9.38 Å². The van der Waals surface area contributed by atoms with Gasteiger partial charge in [-0.1, -0.05) is 34.1 Å². The van der Waals surface area contributed by atoms with Gasteiger partial charge in [0.05, 0.1) is 17.4 Å². The SMILES string of the molecule is Cc1ccc2nc(-c3ccc(Br)cc3)c(/C=C/C(=O)[O-])n2c1. The number of fused-ring (bicyclic) bond motifs is 1. The highest BCUT2D eigenvalue weighted by Gasteiger charge is 2.12. The first-order valence-corrected chi connectivity index (χ1v) is 7.47. The normalized spacial score (nSPS) is 11.4. The Morgan fingerprint density at radius 1 is 1.23 bits per heavy atom. The van der Waals surface area contributed by atoms with E-state index in [0.29, 0.717) is 5.69 Å². The van der Waals surface area contributed by atoms with Gasteiger partial charge >= 0.3 is 0 Å². The Kier molecular flexibility index (Phi) is 3.81. The second-order valence-corrected chi connectivity index (χ2v) is 5.86. The van der Waals surface area contributed by atoms with E-state index in [1.54, 1.807) is 0 Å². The molecule has 0 atom stereocenters. The zero-order valence-corrected chi connectivity index (χ0v) is 13.4. The molecule has 3 rings (SSSR count). The minimum absolute atomic E-state index is 0.713. The van der Waals surface area contributed by atoms with Crippen molar-refractivity contribution in [2.24, 2.45) is 0 Å². The summed E-state index contributed by atoms with van der Waals surface area (Å²) in [4.78, 5) is 15.4. The number of carbonyl (C=O) groups is 1. The molecule has 110 valence electrons. The maximum atomic E-state index is 10.8. The highest BCUT2D eigenvalue weighted by Crippen LogP contribution is 2.27. The lowest BCUT2D eigenvalue weighted by atomic mass is 10.1. The second-order valence-electron chi connectivity index (χ2n) is 4.94. The lowest BCUT2D eigenvalue weighted by Gasteiger charge is -2.02. The lowest BCUT2D eigenvalue weighted by Crippen LogP contribution is -2.18. The number of carboxylic acids is 1. The van der Waals surface area contributed by atoms with Gasteiger partial charge in [0.2, 0.25) is 0 Å². The quantitative estimate of drug-likeness (QED) is 0.678. The zero-order valence-electron chi connectivity index (χ0n) is 11.8. The van der Waals surface area contributed by atoms with Crippen molar-refractivity contribution >= 4 is 33.6 Å². The molecule has 0 aliphatic heterocycles. The average molecular weight is 356 g/mol. The predicted molar refractivity (Wildman–Crippen MR) is 87.1 cm³/mol. The van der Waals surface area contributed by atoms with Gasteiger partial charge in [-0.2, -0.15) is 0 Å². The number of aliphatic carboxylic acids is 1. The smallest absolute Gasteiger partial charge is 0.137 e. The van der Waals surface area contributed by atoms with E-state index in [-0.39, 0.29) is 0 Å². The van der Waals surface area contributed by atoms with E-state index in [1.165, 1.54) is 6.08 Å². The molecular weight excluding hydrogens is 344 g/mol. The number of aromatic nitrogens is 2. The van der Waals surface area contributed by atoms with Gasteiger partial charge in [-0.05, 0) is 42.8 Å². The number of hydrogen-bond acceptors (Lipinski definition) is 3. The van der Waals surface area contributed by atoms with E-state index >= 15 is 0 Å². The van der Waals surface area contributed by atoms with Crippen LogP contribution in [0.2, 0.25) is 0 Å². The summed E-state index contributed by atoms with van der Waals surface area (Å²) in [5.41, 5.74) is 4.19. The summed E-state index contributed by atoms with van der Waals surface area (Å²) in [5, 5.41) is 10.8. The van der Waals surface area contributed by atoms with E-state index in [9.17, 15) is 9.90 Å². The van der Waals surface area contributed by atoms with Gasteiger partial charge in [0.1, 0.15) is 5.65 Å². The largest absolute Gasteiger partial charge is 0.545 e. The zero-order chi connectivity index (χ0) is 15.7. The molecule has 0 bridgehead atoms. The molecule has 22 heavy (non-hydrogen) atoms. The number of halogens is 1. The van der Waals surface area contributed by atoms with Gasteiger partial charge < -0.3 is 9.90 Å². The molecule has 0 fully saturated rings. The molecule has 0 saturated carbocycles. The van der Waals surface area contributed by atoms with Crippen LogP contribution in [0, 0.1) is 6.92 Å². The molecule has 0 saturated heterocycles. The van der Waals surface area contributed by atoms with Crippen LogP contribution in [0.1, 0.15) is 11.3 Å². The number of benzene rings is 1. The summed E-state index contributed by atoms with van der Waals surface area (Å²) >= 11 is 3.40. The minimum Gasteiger partial charge on any atom is -0.545 e. The van der Waals surface area contributed by atoms with Crippen molar-refractivity contribution < 1.29 is 9.90 Å². The second kappa shape index (κ2) is 5.77. The van der Waals surface area contributed by atoms with Crippen molar-refractivity contribution in [2.45, 2.75) is 6.92 Å². The Hall–Kier alpha value is -2.40. The molecule has 0 aliphatic rings. The van der Waals surface area contributed by atoms with E-state index in [2.05, 4.69) is 20.9 Å². The summed E-state index contributed by atoms with van der Waals surface area (Å²) in [6.45, 7) is 1.98. The molecule has 4 nitrogen and oxygen atoms in total. The minimum atomic E-state index is -1.23. The number of imidazole rings is 1. The molecule has 0 unspecified atom stereocenters. The van der Waals surface area contributed by atoms with Gasteiger partial charge in [-0.25, -0.2) is 4.98 Å². The highest BCUT2D eigenvalue weighted by atomic mass is 79.9. The van der Waals surface area contributed by atoms with Crippen LogP contribution in [0.15, 0.2) is 53.1 Å². The third-order valence-electron chi connectivity index (χ3n) is 3.30. The van der Waals surface area contributed by atoms with Crippen LogP contribution < -0.4 is 5.11 Å². The summed E-state index contributed by atoms with van der Waals surface area (Å²) in [7, 11) is 0. The standard InChI is InChI=1S/C17H13BrN2O2/c1-11-2-8-15-19-17(12-3-5-13(18)6-4-12)14(20(15)10-11)7-9-16(21)22/h2-10H,1H3,(H,21,22)/p-1/b9-7+. The van der Waals surface area contributed by atoms with E-state index in [4.69, 9.17) is 0 Å². The van der Waals surface area contributed by atoms with E-state index in [1.807, 2.05) is 53.9 Å². The van der Waals surface area contributed by atoms with Crippen molar-refractivity contribution in [2.75, 3.05) is 0 Å². The number of carbonyl (C=O) groups excluding carboxylic acids is 1. The van der Waals surface area contributed by atoms with Crippen LogP contribution in [0.25, 0.3) is 23.0 Å². The summed E-state index contributed by atoms with van der Waals surface area (Å²) < 4.78 is 2.86. The summed E-state index contributed by atoms with van der Waals surface area (Å²) in [6, 6.07) is 11.6. The fourth-order valence-corrected chi connectivity index (χ4v) is 2.56. The van der Waals surface area contributed by atoms with Crippen LogP contribution >= 0.6 is 15.9 Å². The Bertz CT molecular complexity index is 880. The summed E-state index contributed by atoms with van der Waals surface area (Å²) in [5.74, 6) is -1.23. The van der Waals surface area contributed by atoms with Gasteiger partial charge in [0, 0.05) is 16.2 Å². The number of hydrogen-bond donors (Lipinski definition) is 0. The van der Waals surface area contributed by atoms with Gasteiger partial charge in [-0.15, -0.1) is 0 Å². The highest BCUT2D eigenvalue weighted by molar-refractivity contribution is 9.10. The van der Waals surface area contributed by atoms with Gasteiger partial charge in [0.15, 0.2) is 0 Å². The Balaban J connectivity index is 2.26. The fourth-order valence-electron chi connectivity index (χ4n) is 2.30. The number of carboxylic acid groups (broad SMARTS) is 1. The first kappa shape index (κ1) is 14.5. The molecule has 0 aliphatic carbocycles. The molecule has 0 N–H and O–H groups in total. The van der Waals surface area contributed by atoms with Crippen LogP contribution in [0.5, 0.6) is 0 Å². The predicted octanol–water partition coefficient (Wildman–Crippen LogP) is 2.84. The molecule has 0 spiro atoms. The number of aryl methyl sites for hydroxylation is 1. The van der Waals surface area contributed by atoms with Crippen molar-refractivity contribution in [1.29, 1.82) is 0 Å². The van der Waals surface area contributed by atoms with Crippen molar-refractivity contribution in [3.05, 3.63) is 64.4 Å². The fraction of sp³-hybridized carbons (Fsp3) is 0.0588. The van der Waals surface area contributed by atoms with Crippen LogP contribution in [-0.4, -0.2) is 15.4 Å². The maximum absolute atomic E-state index is 10.8. The average Bonchev–Trinajstić information content (AvgIpc) is 2.83. The van der Waals surface area contributed by atoms with Crippen molar-refractivity contribution in [3.8, 4) is 11.3 Å². The van der Waals surface area contributed by atoms with E-state index < -0.39 is 5.97 Å².